The van der Waals surface area contributed by atoms with Crippen molar-refractivity contribution in [2.45, 2.75) is 26.7 Å². The third-order valence-electron chi connectivity index (χ3n) is 4.09. The van der Waals surface area contributed by atoms with Crippen LogP contribution in [0.5, 0.6) is 0 Å². The minimum Gasteiger partial charge on any atom is -0.462 e. The van der Waals surface area contributed by atoms with Crippen molar-refractivity contribution in [2.24, 2.45) is 0 Å². The molecule has 5 nitrogen and oxygen atoms in total. The fourth-order valence-corrected chi connectivity index (χ4v) is 3.56. The lowest BCUT2D eigenvalue weighted by atomic mass is 10.1. The van der Waals surface area contributed by atoms with E-state index in [4.69, 9.17) is 4.74 Å². The molecule has 3 rings (SSSR count). The summed E-state index contributed by atoms with van der Waals surface area (Å²) in [6.07, 6.45) is 1.82. The van der Waals surface area contributed by atoms with Crippen LogP contribution in [0.4, 0.5) is 5.69 Å². The quantitative estimate of drug-likeness (QED) is 0.434. The molecule has 2 aromatic carbocycles. The number of nitrogens with one attached hydrogen (secondary N) is 1. The van der Waals surface area contributed by atoms with Gasteiger partial charge in [0.05, 0.1) is 22.1 Å². The van der Waals surface area contributed by atoms with E-state index >= 15 is 0 Å². The van der Waals surface area contributed by atoms with Crippen molar-refractivity contribution in [1.82, 2.24) is 4.98 Å². The van der Waals surface area contributed by atoms with Crippen LogP contribution in [0.25, 0.3) is 10.4 Å². The first kappa shape index (κ1) is 19.8. The summed E-state index contributed by atoms with van der Waals surface area (Å²) in [6.45, 7) is 4.34. The highest BCUT2D eigenvalue weighted by atomic mass is 32.1. The number of carbonyl (C=O) groups is 2. The maximum absolute atomic E-state index is 12.8. The van der Waals surface area contributed by atoms with E-state index in [1.165, 1.54) is 11.3 Å². The number of rotatable bonds is 7. The molecule has 0 atom stereocenters. The van der Waals surface area contributed by atoms with Gasteiger partial charge in [-0.15, -0.1) is 11.3 Å². The van der Waals surface area contributed by atoms with E-state index in [2.05, 4.69) is 10.3 Å². The van der Waals surface area contributed by atoms with Gasteiger partial charge >= 0.3 is 5.97 Å². The van der Waals surface area contributed by atoms with Gasteiger partial charge in [-0.2, -0.15) is 0 Å². The number of thiazole rings is 1. The van der Waals surface area contributed by atoms with Gasteiger partial charge in [-0.05, 0) is 43.2 Å². The van der Waals surface area contributed by atoms with Crippen molar-refractivity contribution in [3.8, 4) is 10.4 Å². The number of unbranched alkanes of at least 4 members (excludes halogenated alkanes) is 1. The summed E-state index contributed by atoms with van der Waals surface area (Å²) in [7, 11) is 0. The maximum atomic E-state index is 12.8. The van der Waals surface area contributed by atoms with Gasteiger partial charge in [0.15, 0.2) is 0 Å². The number of carbonyl (C=O) groups excluding carboxylic acids is 2. The Hall–Kier alpha value is -2.99. The van der Waals surface area contributed by atoms with Crippen LogP contribution in [0, 0.1) is 6.92 Å². The van der Waals surface area contributed by atoms with Gasteiger partial charge in [0, 0.05) is 5.69 Å². The van der Waals surface area contributed by atoms with E-state index in [0.717, 1.165) is 28.3 Å². The van der Waals surface area contributed by atoms with Crippen LogP contribution in [-0.4, -0.2) is 23.5 Å². The van der Waals surface area contributed by atoms with Gasteiger partial charge in [0.1, 0.15) is 5.69 Å². The molecule has 0 saturated carbocycles. The fourth-order valence-electron chi connectivity index (χ4n) is 2.64. The molecule has 1 N–H and O–H groups in total. The summed E-state index contributed by atoms with van der Waals surface area (Å²) in [6, 6.07) is 16.4. The average molecular weight is 394 g/mol. The SMILES string of the molecule is CCCCOC(=O)c1ccc(NC(=O)c2nc(C)sc2-c2ccccc2)cc1. The number of aryl methyl sites for hydroxylation is 1. The van der Waals surface area contributed by atoms with E-state index in [-0.39, 0.29) is 11.9 Å². The molecule has 6 heteroatoms. The van der Waals surface area contributed by atoms with E-state index in [1.54, 1.807) is 24.3 Å². The molecule has 0 saturated heterocycles. The minimum atomic E-state index is -0.354. The predicted molar refractivity (Wildman–Crippen MR) is 112 cm³/mol. The van der Waals surface area contributed by atoms with E-state index in [0.29, 0.717) is 23.6 Å². The zero-order chi connectivity index (χ0) is 19.9. The van der Waals surface area contributed by atoms with Crippen LogP contribution in [0.2, 0.25) is 0 Å². The molecular formula is C22H22N2O3S. The first-order valence-corrected chi connectivity index (χ1v) is 10.0. The summed E-state index contributed by atoms with van der Waals surface area (Å²) < 4.78 is 5.19. The molecule has 0 aliphatic heterocycles. The number of anilines is 1. The van der Waals surface area contributed by atoms with E-state index < -0.39 is 0 Å². The molecule has 3 aromatic rings. The number of benzene rings is 2. The highest BCUT2D eigenvalue weighted by molar-refractivity contribution is 7.15. The Balaban J connectivity index is 1.71. The van der Waals surface area contributed by atoms with Gasteiger partial charge in [0.25, 0.3) is 5.91 Å². The van der Waals surface area contributed by atoms with Crippen molar-refractivity contribution in [2.75, 3.05) is 11.9 Å². The molecular weight excluding hydrogens is 372 g/mol. The first-order valence-electron chi connectivity index (χ1n) is 9.20. The summed E-state index contributed by atoms with van der Waals surface area (Å²) >= 11 is 1.49. The van der Waals surface area contributed by atoms with Crippen molar-refractivity contribution in [1.29, 1.82) is 0 Å². The largest absolute Gasteiger partial charge is 0.462 e. The van der Waals surface area contributed by atoms with Crippen LogP contribution in [0.15, 0.2) is 54.6 Å². The lowest BCUT2D eigenvalue weighted by Crippen LogP contribution is -2.14. The summed E-state index contributed by atoms with van der Waals surface area (Å²) in [5.41, 5.74) is 2.42. The van der Waals surface area contributed by atoms with Crippen LogP contribution < -0.4 is 5.32 Å². The number of hydrogen-bond donors (Lipinski definition) is 1. The second-order valence-corrected chi connectivity index (χ2v) is 7.50. The number of ether oxygens (including phenoxy) is 1. The Bertz CT molecular complexity index is 950. The highest BCUT2D eigenvalue weighted by Gasteiger charge is 2.18. The monoisotopic (exact) mass is 394 g/mol. The molecule has 0 aliphatic carbocycles. The van der Waals surface area contributed by atoms with Gasteiger partial charge < -0.3 is 10.1 Å². The second-order valence-electron chi connectivity index (χ2n) is 6.30. The maximum Gasteiger partial charge on any atom is 0.338 e. The van der Waals surface area contributed by atoms with Crippen molar-refractivity contribution < 1.29 is 14.3 Å². The summed E-state index contributed by atoms with van der Waals surface area (Å²) in [4.78, 5) is 30.0. The topological polar surface area (TPSA) is 68.3 Å². The zero-order valence-electron chi connectivity index (χ0n) is 15.9. The lowest BCUT2D eigenvalue weighted by Gasteiger charge is -2.07. The number of aromatic nitrogens is 1. The second kappa shape index (κ2) is 9.28. The molecule has 28 heavy (non-hydrogen) atoms. The van der Waals surface area contributed by atoms with Gasteiger partial charge in [-0.3, -0.25) is 4.79 Å². The Morgan fingerprint density at radius 3 is 2.46 bits per heavy atom. The molecule has 0 spiro atoms. The van der Waals surface area contributed by atoms with Gasteiger partial charge in [-0.1, -0.05) is 43.7 Å². The number of esters is 1. The van der Waals surface area contributed by atoms with Gasteiger partial charge in [-0.25, -0.2) is 9.78 Å². The fraction of sp³-hybridized carbons (Fsp3) is 0.227. The van der Waals surface area contributed by atoms with Crippen LogP contribution in [-0.2, 0) is 4.74 Å². The normalized spacial score (nSPS) is 10.5. The zero-order valence-corrected chi connectivity index (χ0v) is 16.7. The van der Waals surface area contributed by atoms with Crippen LogP contribution in [0.1, 0.15) is 45.6 Å². The number of nitrogens with zero attached hydrogens (tertiary/aromatic N) is 1. The van der Waals surface area contributed by atoms with E-state index in [9.17, 15) is 9.59 Å². The molecule has 144 valence electrons. The Morgan fingerprint density at radius 2 is 1.79 bits per heavy atom. The molecule has 0 radical (unpaired) electrons. The summed E-state index contributed by atoms with van der Waals surface area (Å²) in [5, 5.41) is 3.68. The van der Waals surface area contributed by atoms with Crippen molar-refractivity contribution in [3.63, 3.8) is 0 Å². The standard InChI is InChI=1S/C22H22N2O3S/c1-3-4-14-27-22(26)17-10-12-18(13-11-17)24-21(25)19-20(28-15(2)23-19)16-8-6-5-7-9-16/h5-13H,3-4,14H2,1-2H3,(H,24,25). The highest BCUT2D eigenvalue weighted by Crippen LogP contribution is 2.30. The number of hydrogen-bond acceptors (Lipinski definition) is 5. The minimum absolute atomic E-state index is 0.276. The molecule has 1 aromatic heterocycles. The smallest absolute Gasteiger partial charge is 0.338 e. The van der Waals surface area contributed by atoms with Crippen molar-refractivity contribution >= 4 is 28.9 Å². The average Bonchev–Trinajstić information content (AvgIpc) is 3.11. The molecule has 0 unspecified atom stereocenters. The number of amides is 1. The van der Waals surface area contributed by atoms with Gasteiger partial charge in [0.2, 0.25) is 0 Å². The Labute approximate surface area is 168 Å². The predicted octanol–water partition coefficient (Wildman–Crippen LogP) is 5.33. The molecule has 0 fully saturated rings. The van der Waals surface area contributed by atoms with E-state index in [1.807, 2.05) is 44.2 Å². The molecule has 1 amide bonds. The summed E-state index contributed by atoms with van der Waals surface area (Å²) in [5.74, 6) is -0.630. The first-order chi connectivity index (χ1) is 13.6. The third kappa shape index (κ3) is 4.84. The third-order valence-corrected chi connectivity index (χ3v) is 5.11. The molecule has 0 bridgehead atoms. The van der Waals surface area contributed by atoms with Crippen molar-refractivity contribution in [3.05, 3.63) is 70.9 Å². The molecule has 0 aliphatic rings. The van der Waals surface area contributed by atoms with Crippen LogP contribution in [0.3, 0.4) is 0 Å². The molecule has 1 heterocycles. The Kier molecular flexibility index (Phi) is 6.55. The van der Waals surface area contributed by atoms with Crippen LogP contribution >= 0.6 is 11.3 Å². The lowest BCUT2D eigenvalue weighted by molar-refractivity contribution is 0.0499. The Morgan fingerprint density at radius 1 is 1.07 bits per heavy atom.